The van der Waals surface area contributed by atoms with Gasteiger partial charge in [-0.3, -0.25) is 0 Å². The van der Waals surface area contributed by atoms with Crippen molar-refractivity contribution in [3.63, 3.8) is 0 Å². The molecule has 3 nitrogen and oxygen atoms in total. The van der Waals surface area contributed by atoms with Crippen molar-refractivity contribution in [3.05, 3.63) is 34.9 Å². The fourth-order valence-corrected chi connectivity index (χ4v) is 4.87. The van der Waals surface area contributed by atoms with Crippen LogP contribution in [0, 0.1) is 0 Å². The average molecular weight is 317 g/mol. The van der Waals surface area contributed by atoms with Gasteiger partial charge in [-0.1, -0.05) is 43.0 Å². The predicted molar refractivity (Wildman–Crippen MR) is 81.7 cm³/mol. The summed E-state index contributed by atoms with van der Waals surface area (Å²) in [6.45, 7) is 1.66. The molecule has 0 amide bonds. The zero-order valence-corrected chi connectivity index (χ0v) is 13.3. The first kappa shape index (κ1) is 15.8. The van der Waals surface area contributed by atoms with E-state index in [1.165, 1.54) is 0 Å². The van der Waals surface area contributed by atoms with Crippen LogP contribution >= 0.6 is 11.6 Å². The third kappa shape index (κ3) is 3.74. The summed E-state index contributed by atoms with van der Waals surface area (Å²) in [5.74, 6) is -0.159. The van der Waals surface area contributed by atoms with E-state index in [-0.39, 0.29) is 5.75 Å². The molecule has 1 aromatic carbocycles. The molecular weight excluding hydrogens is 296 g/mol. The number of sulfone groups is 1. The standard InChI is InChI=1S/C15H21ClO3S/c1-12(13-6-5-7-14(16)10-13)20(18,19)11-15(17)8-3-2-4-9-15/h5-7,10,12,17H,2-4,8-9,11H2,1H3. The molecule has 0 saturated heterocycles. The van der Waals surface area contributed by atoms with Crippen molar-refractivity contribution in [2.24, 2.45) is 0 Å². The maximum absolute atomic E-state index is 12.5. The molecule has 0 aromatic heterocycles. The van der Waals surface area contributed by atoms with E-state index in [4.69, 9.17) is 11.6 Å². The molecule has 5 heteroatoms. The van der Waals surface area contributed by atoms with Gasteiger partial charge in [-0.05, 0) is 37.5 Å². The Balaban J connectivity index is 2.17. The summed E-state index contributed by atoms with van der Waals surface area (Å²) in [6.07, 6.45) is 4.03. The highest BCUT2D eigenvalue weighted by Crippen LogP contribution is 2.33. The maximum Gasteiger partial charge on any atom is 0.159 e. The smallest absolute Gasteiger partial charge is 0.159 e. The summed E-state index contributed by atoms with van der Waals surface area (Å²) in [5.41, 5.74) is -0.374. The van der Waals surface area contributed by atoms with Crippen molar-refractivity contribution in [1.82, 2.24) is 0 Å². The van der Waals surface area contributed by atoms with Crippen molar-refractivity contribution >= 4 is 21.4 Å². The van der Waals surface area contributed by atoms with Crippen LogP contribution in [0.5, 0.6) is 0 Å². The fraction of sp³-hybridized carbons (Fsp3) is 0.600. The molecule has 1 unspecified atom stereocenters. The number of aliphatic hydroxyl groups is 1. The molecule has 0 aliphatic heterocycles. The number of rotatable bonds is 4. The maximum atomic E-state index is 12.5. The third-order valence-corrected chi connectivity index (χ3v) is 6.64. The Morgan fingerprint density at radius 2 is 1.95 bits per heavy atom. The van der Waals surface area contributed by atoms with Gasteiger partial charge >= 0.3 is 0 Å². The second-order valence-electron chi connectivity index (χ2n) is 5.79. The summed E-state index contributed by atoms with van der Waals surface area (Å²) in [6, 6.07) is 6.91. The quantitative estimate of drug-likeness (QED) is 0.924. The van der Waals surface area contributed by atoms with Crippen LogP contribution in [0.3, 0.4) is 0 Å². The average Bonchev–Trinajstić information content (AvgIpc) is 2.37. The number of hydrogen-bond acceptors (Lipinski definition) is 3. The van der Waals surface area contributed by atoms with Gasteiger partial charge in [-0.2, -0.15) is 0 Å². The summed E-state index contributed by atoms with van der Waals surface area (Å²) in [5, 5.41) is 10.3. The van der Waals surface area contributed by atoms with Crippen LogP contribution in [0.2, 0.25) is 5.02 Å². The van der Waals surface area contributed by atoms with Gasteiger partial charge in [0, 0.05) is 5.02 Å². The van der Waals surface area contributed by atoms with Gasteiger partial charge in [0.15, 0.2) is 9.84 Å². The van der Waals surface area contributed by atoms with Crippen LogP contribution in [-0.4, -0.2) is 24.9 Å². The minimum Gasteiger partial charge on any atom is -0.389 e. The topological polar surface area (TPSA) is 54.4 Å². The van der Waals surface area contributed by atoms with Crippen LogP contribution in [0.1, 0.15) is 49.8 Å². The fourth-order valence-electron chi connectivity index (χ4n) is 2.82. The lowest BCUT2D eigenvalue weighted by molar-refractivity contribution is 0.0256. The Bertz CT molecular complexity index is 562. The van der Waals surface area contributed by atoms with Crippen molar-refractivity contribution in [2.45, 2.75) is 49.9 Å². The molecule has 112 valence electrons. The van der Waals surface area contributed by atoms with Gasteiger partial charge in [-0.15, -0.1) is 0 Å². The van der Waals surface area contributed by atoms with E-state index in [9.17, 15) is 13.5 Å². The normalized spacial score (nSPS) is 20.6. The molecule has 1 N–H and O–H groups in total. The monoisotopic (exact) mass is 316 g/mol. The molecule has 0 radical (unpaired) electrons. The van der Waals surface area contributed by atoms with E-state index in [2.05, 4.69) is 0 Å². The minimum absolute atomic E-state index is 0.159. The molecule has 1 aromatic rings. The predicted octanol–water partition coefficient (Wildman–Crippen LogP) is 3.51. The first-order valence-corrected chi connectivity index (χ1v) is 9.11. The highest BCUT2D eigenvalue weighted by Gasteiger charge is 2.37. The van der Waals surface area contributed by atoms with Crippen molar-refractivity contribution in [3.8, 4) is 0 Å². The van der Waals surface area contributed by atoms with Crippen molar-refractivity contribution < 1.29 is 13.5 Å². The van der Waals surface area contributed by atoms with Gasteiger partial charge < -0.3 is 5.11 Å². The molecule has 0 bridgehead atoms. The van der Waals surface area contributed by atoms with E-state index >= 15 is 0 Å². The zero-order chi connectivity index (χ0) is 14.8. The van der Waals surface area contributed by atoms with Crippen molar-refractivity contribution in [2.75, 3.05) is 5.75 Å². The first-order valence-electron chi connectivity index (χ1n) is 7.02. The van der Waals surface area contributed by atoms with Crippen molar-refractivity contribution in [1.29, 1.82) is 0 Å². The lowest BCUT2D eigenvalue weighted by Crippen LogP contribution is -2.40. The molecule has 0 heterocycles. The Morgan fingerprint density at radius 3 is 2.55 bits per heavy atom. The summed E-state index contributed by atoms with van der Waals surface area (Å²) < 4.78 is 25.0. The second kappa shape index (κ2) is 6.04. The third-order valence-electron chi connectivity index (χ3n) is 4.11. The minimum atomic E-state index is -3.40. The van der Waals surface area contributed by atoms with Gasteiger partial charge in [0.2, 0.25) is 0 Å². The van der Waals surface area contributed by atoms with Gasteiger partial charge in [0.1, 0.15) is 0 Å². The SMILES string of the molecule is CC(c1cccc(Cl)c1)S(=O)(=O)CC1(O)CCCCC1. The largest absolute Gasteiger partial charge is 0.389 e. The van der Waals surface area contributed by atoms with Crippen LogP contribution < -0.4 is 0 Å². The van der Waals surface area contributed by atoms with Gasteiger partial charge in [0.25, 0.3) is 0 Å². The van der Waals surface area contributed by atoms with Crippen LogP contribution in [-0.2, 0) is 9.84 Å². The number of hydrogen-bond donors (Lipinski definition) is 1. The molecule has 1 saturated carbocycles. The summed E-state index contributed by atoms with van der Waals surface area (Å²) in [4.78, 5) is 0. The highest BCUT2D eigenvalue weighted by atomic mass is 35.5. The Hall–Kier alpha value is -0.580. The highest BCUT2D eigenvalue weighted by molar-refractivity contribution is 7.91. The Kier molecular flexibility index (Phi) is 4.77. The van der Waals surface area contributed by atoms with Gasteiger partial charge in [0.05, 0.1) is 16.6 Å². The van der Waals surface area contributed by atoms with Crippen LogP contribution in [0.15, 0.2) is 24.3 Å². The zero-order valence-electron chi connectivity index (χ0n) is 11.7. The molecule has 1 aliphatic carbocycles. The molecule has 1 aliphatic rings. The lowest BCUT2D eigenvalue weighted by atomic mass is 9.86. The molecule has 2 rings (SSSR count). The molecule has 0 spiro atoms. The molecule has 20 heavy (non-hydrogen) atoms. The van der Waals surface area contributed by atoms with E-state index < -0.39 is 20.7 Å². The number of halogens is 1. The van der Waals surface area contributed by atoms with E-state index in [1.54, 1.807) is 31.2 Å². The van der Waals surface area contributed by atoms with E-state index in [1.807, 2.05) is 0 Å². The lowest BCUT2D eigenvalue weighted by Gasteiger charge is -2.32. The molecular formula is C15H21ClO3S. The van der Waals surface area contributed by atoms with Crippen LogP contribution in [0.25, 0.3) is 0 Å². The Morgan fingerprint density at radius 1 is 1.30 bits per heavy atom. The molecule has 1 atom stereocenters. The Labute approximate surface area is 125 Å². The number of benzene rings is 1. The second-order valence-corrected chi connectivity index (χ2v) is 8.55. The summed E-state index contributed by atoms with van der Waals surface area (Å²) >= 11 is 5.91. The first-order chi connectivity index (χ1) is 9.32. The summed E-state index contributed by atoms with van der Waals surface area (Å²) in [7, 11) is -3.40. The molecule has 1 fully saturated rings. The van der Waals surface area contributed by atoms with E-state index in [0.29, 0.717) is 23.4 Å². The van der Waals surface area contributed by atoms with Gasteiger partial charge in [-0.25, -0.2) is 8.42 Å². The van der Waals surface area contributed by atoms with Crippen LogP contribution in [0.4, 0.5) is 0 Å². The van der Waals surface area contributed by atoms with E-state index in [0.717, 1.165) is 19.3 Å².